The third kappa shape index (κ3) is 3.69. The highest BCUT2D eigenvalue weighted by Gasteiger charge is 2.24. The summed E-state index contributed by atoms with van der Waals surface area (Å²) in [4.78, 5) is 12.9. The number of benzene rings is 3. The second-order valence-corrected chi connectivity index (χ2v) is 6.44. The van der Waals surface area contributed by atoms with Crippen molar-refractivity contribution in [3.05, 3.63) is 108 Å². The van der Waals surface area contributed by atoms with Gasteiger partial charge in [-0.15, -0.1) is 10.2 Å². The van der Waals surface area contributed by atoms with Crippen LogP contribution in [0.15, 0.2) is 89.3 Å². The predicted octanol–water partition coefficient (Wildman–Crippen LogP) is 4.56. The van der Waals surface area contributed by atoms with Crippen LogP contribution < -0.4 is 5.32 Å². The Balaban J connectivity index is 1.68. The fraction of sp³-hybridized carbons (Fsp3) is 0.0870. The number of aromatic nitrogens is 2. The monoisotopic (exact) mass is 369 g/mol. The van der Waals surface area contributed by atoms with E-state index in [0.717, 1.165) is 16.7 Å². The minimum absolute atomic E-state index is 0.189. The summed E-state index contributed by atoms with van der Waals surface area (Å²) in [5.41, 5.74) is 3.22. The van der Waals surface area contributed by atoms with Gasteiger partial charge in [0.1, 0.15) is 6.04 Å². The van der Waals surface area contributed by atoms with Gasteiger partial charge in [0.15, 0.2) is 0 Å². The molecule has 1 aromatic heterocycles. The maximum atomic E-state index is 12.9. The maximum Gasteiger partial charge on any atom is 0.252 e. The van der Waals surface area contributed by atoms with Crippen LogP contribution in [0.5, 0.6) is 0 Å². The molecule has 0 fully saturated rings. The van der Waals surface area contributed by atoms with E-state index in [1.807, 2.05) is 85.8 Å². The zero-order valence-corrected chi connectivity index (χ0v) is 15.4. The number of amides is 1. The van der Waals surface area contributed by atoms with Gasteiger partial charge in [-0.05, 0) is 36.2 Å². The molecule has 4 aromatic rings. The summed E-state index contributed by atoms with van der Waals surface area (Å²) in [7, 11) is 0. The fourth-order valence-electron chi connectivity index (χ4n) is 3.02. The molecule has 1 heterocycles. The van der Waals surface area contributed by atoms with Gasteiger partial charge in [0.05, 0.1) is 0 Å². The lowest BCUT2D eigenvalue weighted by molar-refractivity contribution is 0.0937. The molecule has 1 amide bonds. The highest BCUT2D eigenvalue weighted by atomic mass is 16.4. The topological polar surface area (TPSA) is 68.0 Å². The molecule has 4 rings (SSSR count). The maximum absolute atomic E-state index is 12.9. The Morgan fingerprint density at radius 3 is 2.21 bits per heavy atom. The number of nitrogens with one attached hydrogen (secondary N) is 1. The smallest absolute Gasteiger partial charge is 0.252 e. The van der Waals surface area contributed by atoms with E-state index in [4.69, 9.17) is 4.42 Å². The molecule has 0 aliphatic carbocycles. The van der Waals surface area contributed by atoms with Crippen LogP contribution in [0.2, 0.25) is 0 Å². The van der Waals surface area contributed by atoms with Gasteiger partial charge in [0.25, 0.3) is 5.91 Å². The van der Waals surface area contributed by atoms with Crippen molar-refractivity contribution in [3.8, 4) is 11.5 Å². The van der Waals surface area contributed by atoms with Crippen molar-refractivity contribution >= 4 is 5.91 Å². The van der Waals surface area contributed by atoms with Crippen molar-refractivity contribution < 1.29 is 9.21 Å². The van der Waals surface area contributed by atoms with Crippen LogP contribution in [0, 0.1) is 6.92 Å². The zero-order valence-electron chi connectivity index (χ0n) is 15.4. The van der Waals surface area contributed by atoms with Gasteiger partial charge in [-0.3, -0.25) is 4.79 Å². The lowest BCUT2D eigenvalue weighted by atomic mass is 10.0. The number of nitrogens with zero attached hydrogens (tertiary/aromatic N) is 2. The molecule has 1 N–H and O–H groups in total. The number of aryl methyl sites for hydroxylation is 1. The molecule has 5 nitrogen and oxygen atoms in total. The van der Waals surface area contributed by atoms with Crippen LogP contribution in [0.3, 0.4) is 0 Å². The Morgan fingerprint density at radius 1 is 0.857 bits per heavy atom. The largest absolute Gasteiger partial charge is 0.418 e. The first-order chi connectivity index (χ1) is 13.7. The summed E-state index contributed by atoms with van der Waals surface area (Å²) in [6.07, 6.45) is 0. The quantitative estimate of drug-likeness (QED) is 0.560. The highest BCUT2D eigenvalue weighted by molar-refractivity contribution is 5.96. The van der Waals surface area contributed by atoms with E-state index in [9.17, 15) is 4.79 Å². The van der Waals surface area contributed by atoms with Crippen LogP contribution in [0.1, 0.15) is 33.4 Å². The average molecular weight is 369 g/mol. The SMILES string of the molecule is Cc1ccccc1C(=O)N[C@@H](c1ccccc1)c1nnc(-c2ccccc2)o1. The van der Waals surface area contributed by atoms with Crippen LogP contribution in [-0.4, -0.2) is 16.1 Å². The van der Waals surface area contributed by atoms with E-state index in [-0.39, 0.29) is 5.91 Å². The second-order valence-electron chi connectivity index (χ2n) is 6.44. The highest BCUT2D eigenvalue weighted by Crippen LogP contribution is 2.25. The minimum Gasteiger partial charge on any atom is -0.418 e. The second kappa shape index (κ2) is 7.88. The van der Waals surface area contributed by atoms with Gasteiger partial charge >= 0.3 is 0 Å². The Hall–Kier alpha value is -3.73. The summed E-state index contributed by atoms with van der Waals surface area (Å²) in [6.45, 7) is 1.91. The first-order valence-electron chi connectivity index (χ1n) is 9.02. The first-order valence-corrected chi connectivity index (χ1v) is 9.02. The molecule has 0 bridgehead atoms. The minimum atomic E-state index is -0.543. The third-order valence-electron chi connectivity index (χ3n) is 4.51. The Labute approximate surface area is 163 Å². The summed E-state index contributed by atoms with van der Waals surface area (Å²) < 4.78 is 5.92. The van der Waals surface area contributed by atoms with Gasteiger partial charge < -0.3 is 9.73 Å². The lowest BCUT2D eigenvalue weighted by Gasteiger charge is -2.16. The normalized spacial score (nSPS) is 11.8. The summed E-state index contributed by atoms with van der Waals surface area (Å²) in [5.74, 6) is 0.570. The summed E-state index contributed by atoms with van der Waals surface area (Å²) in [5, 5.41) is 11.4. The van der Waals surface area contributed by atoms with Crippen LogP contribution in [0.4, 0.5) is 0 Å². The number of carbonyl (C=O) groups excluding carboxylic acids is 1. The van der Waals surface area contributed by atoms with E-state index in [0.29, 0.717) is 17.3 Å². The molecule has 0 spiro atoms. The molecule has 0 radical (unpaired) electrons. The molecule has 0 saturated carbocycles. The number of carbonyl (C=O) groups is 1. The first kappa shape index (κ1) is 17.7. The lowest BCUT2D eigenvalue weighted by Crippen LogP contribution is -2.30. The van der Waals surface area contributed by atoms with Gasteiger partial charge in [-0.25, -0.2) is 0 Å². The summed E-state index contributed by atoms with van der Waals surface area (Å²) >= 11 is 0. The molecule has 0 aliphatic rings. The van der Waals surface area contributed by atoms with Crippen molar-refractivity contribution in [3.63, 3.8) is 0 Å². The standard InChI is InChI=1S/C23H19N3O2/c1-16-10-8-9-15-19(16)21(27)24-20(17-11-4-2-5-12-17)23-26-25-22(28-23)18-13-6-3-7-14-18/h2-15,20H,1H3,(H,24,27)/t20-/m0/s1. The number of hydrogen-bond acceptors (Lipinski definition) is 4. The van der Waals surface area contributed by atoms with Crippen molar-refractivity contribution in [2.24, 2.45) is 0 Å². The van der Waals surface area contributed by atoms with Gasteiger partial charge in [-0.2, -0.15) is 0 Å². The van der Waals surface area contributed by atoms with Crippen LogP contribution in [-0.2, 0) is 0 Å². The fourth-order valence-corrected chi connectivity index (χ4v) is 3.02. The zero-order chi connectivity index (χ0) is 19.3. The molecule has 0 aliphatic heterocycles. The molecular weight excluding hydrogens is 350 g/mol. The Kier molecular flexibility index (Phi) is 4.97. The van der Waals surface area contributed by atoms with Gasteiger partial charge in [0.2, 0.25) is 11.8 Å². The molecule has 138 valence electrons. The van der Waals surface area contributed by atoms with Crippen LogP contribution >= 0.6 is 0 Å². The van der Waals surface area contributed by atoms with E-state index >= 15 is 0 Å². The van der Waals surface area contributed by atoms with Crippen molar-refractivity contribution in [1.29, 1.82) is 0 Å². The van der Waals surface area contributed by atoms with E-state index in [2.05, 4.69) is 15.5 Å². The molecule has 28 heavy (non-hydrogen) atoms. The van der Waals surface area contributed by atoms with Crippen molar-refractivity contribution in [2.45, 2.75) is 13.0 Å². The third-order valence-corrected chi connectivity index (χ3v) is 4.51. The van der Waals surface area contributed by atoms with Gasteiger partial charge in [0, 0.05) is 11.1 Å². The molecular formula is C23H19N3O2. The molecule has 0 saturated heterocycles. The number of hydrogen-bond donors (Lipinski definition) is 1. The molecule has 3 aromatic carbocycles. The number of rotatable bonds is 5. The Morgan fingerprint density at radius 2 is 1.50 bits per heavy atom. The van der Waals surface area contributed by atoms with E-state index in [1.54, 1.807) is 6.07 Å². The molecule has 0 unspecified atom stereocenters. The predicted molar refractivity (Wildman–Crippen MR) is 107 cm³/mol. The average Bonchev–Trinajstić information content (AvgIpc) is 3.23. The van der Waals surface area contributed by atoms with Crippen molar-refractivity contribution in [2.75, 3.05) is 0 Å². The van der Waals surface area contributed by atoms with Crippen LogP contribution in [0.25, 0.3) is 11.5 Å². The molecule has 1 atom stereocenters. The molecule has 5 heteroatoms. The van der Waals surface area contributed by atoms with Crippen molar-refractivity contribution in [1.82, 2.24) is 15.5 Å². The van der Waals surface area contributed by atoms with E-state index < -0.39 is 6.04 Å². The summed E-state index contributed by atoms with van der Waals surface area (Å²) in [6, 6.07) is 26.1. The Bertz CT molecular complexity index is 1080. The van der Waals surface area contributed by atoms with E-state index in [1.165, 1.54) is 0 Å². The van der Waals surface area contributed by atoms with Gasteiger partial charge in [-0.1, -0.05) is 66.7 Å².